The number of hydrogen-bond acceptors (Lipinski definition) is 3. The molecule has 0 radical (unpaired) electrons. The highest BCUT2D eigenvalue weighted by atomic mass is 16.3. The molecule has 2 heterocycles. The number of aryl methyl sites for hydroxylation is 2. The molecule has 5 nitrogen and oxygen atoms in total. The average molecular weight is 352 g/mol. The van der Waals surface area contributed by atoms with E-state index in [2.05, 4.69) is 31.3 Å². The van der Waals surface area contributed by atoms with Gasteiger partial charge in [-0.15, -0.1) is 0 Å². The summed E-state index contributed by atoms with van der Waals surface area (Å²) in [6.45, 7) is 8.84. The first kappa shape index (κ1) is 18.0. The minimum Gasteiger partial charge on any atom is -0.460 e. The van der Waals surface area contributed by atoms with E-state index in [4.69, 9.17) is 4.42 Å². The molecule has 5 heteroatoms. The quantitative estimate of drug-likeness (QED) is 0.755. The van der Waals surface area contributed by atoms with Crippen molar-refractivity contribution in [3.63, 3.8) is 0 Å². The molecule has 1 amide bonds. The first-order valence-corrected chi connectivity index (χ1v) is 8.92. The number of nitrogens with one attached hydrogen (secondary N) is 1. The largest absolute Gasteiger partial charge is 0.460 e. The van der Waals surface area contributed by atoms with Gasteiger partial charge in [-0.2, -0.15) is 0 Å². The molecular formula is C21H24N2O3. The zero-order valence-electron chi connectivity index (χ0n) is 15.6. The normalized spacial score (nSPS) is 11.3. The molecule has 0 saturated carbocycles. The number of aromatic nitrogens is 1. The highest BCUT2D eigenvalue weighted by Gasteiger charge is 2.21. The zero-order chi connectivity index (χ0) is 18.8. The van der Waals surface area contributed by atoms with Crippen LogP contribution in [0.5, 0.6) is 0 Å². The summed E-state index contributed by atoms with van der Waals surface area (Å²) in [7, 11) is 0. The Balaban J connectivity index is 1.86. The Hall–Kier alpha value is -2.82. The Bertz CT molecular complexity index is 995. The second-order valence-corrected chi connectivity index (χ2v) is 6.76. The van der Waals surface area contributed by atoms with Crippen molar-refractivity contribution in [3.8, 4) is 0 Å². The van der Waals surface area contributed by atoms with Crippen molar-refractivity contribution in [2.75, 3.05) is 0 Å². The number of carbonyl (C=O) groups is 1. The number of amides is 1. The SMILES string of the molecule is CCn1ccc2oc(C)c(C(=O)NCc3ccc(C(C)C)cc3)c2c1=O. The van der Waals surface area contributed by atoms with Crippen LogP contribution in [-0.4, -0.2) is 10.5 Å². The third-order valence-corrected chi connectivity index (χ3v) is 4.66. The monoisotopic (exact) mass is 352 g/mol. The maximum Gasteiger partial charge on any atom is 0.262 e. The summed E-state index contributed by atoms with van der Waals surface area (Å²) in [4.78, 5) is 25.3. The van der Waals surface area contributed by atoms with Crippen molar-refractivity contribution in [2.45, 2.75) is 46.7 Å². The average Bonchev–Trinajstić information content (AvgIpc) is 2.97. The zero-order valence-corrected chi connectivity index (χ0v) is 15.6. The second kappa shape index (κ2) is 7.20. The lowest BCUT2D eigenvalue weighted by Gasteiger charge is -2.08. The first-order chi connectivity index (χ1) is 12.4. The second-order valence-electron chi connectivity index (χ2n) is 6.76. The Morgan fingerprint density at radius 2 is 1.88 bits per heavy atom. The molecule has 26 heavy (non-hydrogen) atoms. The highest BCUT2D eigenvalue weighted by Crippen LogP contribution is 2.22. The Morgan fingerprint density at radius 1 is 1.19 bits per heavy atom. The minimum absolute atomic E-state index is 0.201. The highest BCUT2D eigenvalue weighted by molar-refractivity contribution is 6.06. The van der Waals surface area contributed by atoms with Crippen molar-refractivity contribution in [3.05, 3.63) is 69.3 Å². The standard InChI is InChI=1S/C21H24N2O3/c1-5-23-11-10-17-19(21(23)25)18(14(4)26-17)20(24)22-12-15-6-8-16(9-7-15)13(2)3/h6-11,13H,5,12H2,1-4H3,(H,22,24). The van der Waals surface area contributed by atoms with Crippen LogP contribution in [0.4, 0.5) is 0 Å². The molecule has 3 rings (SSSR count). The Labute approximate surface area is 152 Å². The fourth-order valence-corrected chi connectivity index (χ4v) is 3.08. The number of hydrogen-bond donors (Lipinski definition) is 1. The number of rotatable bonds is 5. The van der Waals surface area contributed by atoms with Gasteiger partial charge in [0.2, 0.25) is 0 Å². The smallest absolute Gasteiger partial charge is 0.262 e. The summed E-state index contributed by atoms with van der Waals surface area (Å²) >= 11 is 0. The van der Waals surface area contributed by atoms with E-state index in [1.165, 1.54) is 5.56 Å². The molecule has 0 fully saturated rings. The van der Waals surface area contributed by atoms with E-state index >= 15 is 0 Å². The summed E-state index contributed by atoms with van der Waals surface area (Å²) in [6.07, 6.45) is 1.69. The summed E-state index contributed by atoms with van der Waals surface area (Å²) in [5.74, 6) is 0.637. The predicted molar refractivity (Wildman–Crippen MR) is 103 cm³/mol. The van der Waals surface area contributed by atoms with Crippen molar-refractivity contribution in [1.29, 1.82) is 0 Å². The van der Waals surface area contributed by atoms with Gasteiger partial charge in [0.15, 0.2) is 0 Å². The van der Waals surface area contributed by atoms with Crippen LogP contribution in [0.25, 0.3) is 11.0 Å². The number of carbonyl (C=O) groups excluding carboxylic acids is 1. The van der Waals surface area contributed by atoms with E-state index in [0.29, 0.717) is 41.3 Å². The number of furan rings is 1. The van der Waals surface area contributed by atoms with Crippen LogP contribution in [0, 0.1) is 6.92 Å². The molecule has 3 aromatic rings. The van der Waals surface area contributed by atoms with Gasteiger partial charge in [0.1, 0.15) is 11.3 Å². The van der Waals surface area contributed by atoms with E-state index in [0.717, 1.165) is 5.56 Å². The lowest BCUT2D eigenvalue weighted by Crippen LogP contribution is -2.26. The fraction of sp³-hybridized carbons (Fsp3) is 0.333. The molecule has 1 aromatic carbocycles. The number of fused-ring (bicyclic) bond motifs is 1. The molecule has 0 saturated heterocycles. The van der Waals surface area contributed by atoms with Crippen LogP contribution in [0.2, 0.25) is 0 Å². The molecule has 0 bridgehead atoms. The van der Waals surface area contributed by atoms with E-state index in [1.807, 2.05) is 19.1 Å². The van der Waals surface area contributed by atoms with Gasteiger partial charge in [-0.05, 0) is 37.0 Å². The van der Waals surface area contributed by atoms with Gasteiger partial charge in [0.25, 0.3) is 11.5 Å². The van der Waals surface area contributed by atoms with E-state index in [9.17, 15) is 9.59 Å². The molecule has 0 aliphatic rings. The molecule has 0 atom stereocenters. The first-order valence-electron chi connectivity index (χ1n) is 8.92. The van der Waals surface area contributed by atoms with Crippen molar-refractivity contribution < 1.29 is 9.21 Å². The van der Waals surface area contributed by atoms with Crippen molar-refractivity contribution >= 4 is 16.9 Å². The molecule has 0 aliphatic heterocycles. The van der Waals surface area contributed by atoms with Crippen molar-refractivity contribution in [2.24, 2.45) is 0 Å². The van der Waals surface area contributed by atoms with Crippen LogP contribution < -0.4 is 10.9 Å². The molecule has 0 unspecified atom stereocenters. The maximum absolute atomic E-state index is 12.7. The van der Waals surface area contributed by atoms with E-state index in [1.54, 1.807) is 23.8 Å². The lowest BCUT2D eigenvalue weighted by molar-refractivity contribution is 0.0950. The van der Waals surface area contributed by atoms with Gasteiger partial charge >= 0.3 is 0 Å². The van der Waals surface area contributed by atoms with Crippen LogP contribution >= 0.6 is 0 Å². The van der Waals surface area contributed by atoms with Crippen LogP contribution in [0.15, 0.2) is 45.7 Å². The third-order valence-electron chi connectivity index (χ3n) is 4.66. The predicted octanol–water partition coefficient (Wildman–Crippen LogP) is 3.98. The van der Waals surface area contributed by atoms with E-state index < -0.39 is 0 Å². The molecule has 0 aliphatic carbocycles. The maximum atomic E-state index is 12.7. The topological polar surface area (TPSA) is 64.2 Å². The van der Waals surface area contributed by atoms with Gasteiger partial charge in [0, 0.05) is 19.3 Å². The Morgan fingerprint density at radius 3 is 2.50 bits per heavy atom. The third kappa shape index (κ3) is 3.29. The summed E-state index contributed by atoms with van der Waals surface area (Å²) < 4.78 is 7.19. The molecule has 0 spiro atoms. The Kier molecular flexibility index (Phi) is 4.98. The van der Waals surface area contributed by atoms with Gasteiger partial charge in [0.05, 0.1) is 10.9 Å². The summed E-state index contributed by atoms with van der Waals surface area (Å²) in [5.41, 5.74) is 2.85. The van der Waals surface area contributed by atoms with Crippen LogP contribution in [0.1, 0.15) is 53.9 Å². The molecule has 1 N–H and O–H groups in total. The lowest BCUT2D eigenvalue weighted by atomic mass is 10.0. The summed E-state index contributed by atoms with van der Waals surface area (Å²) in [5, 5.41) is 3.25. The number of pyridine rings is 1. The van der Waals surface area contributed by atoms with E-state index in [-0.39, 0.29) is 11.5 Å². The van der Waals surface area contributed by atoms with Gasteiger partial charge in [-0.1, -0.05) is 38.1 Å². The molecule has 2 aromatic heterocycles. The van der Waals surface area contributed by atoms with Crippen LogP contribution in [-0.2, 0) is 13.1 Å². The number of benzene rings is 1. The molecular weight excluding hydrogens is 328 g/mol. The van der Waals surface area contributed by atoms with Gasteiger partial charge in [-0.3, -0.25) is 9.59 Å². The summed E-state index contributed by atoms with van der Waals surface area (Å²) in [6, 6.07) is 9.91. The van der Waals surface area contributed by atoms with Gasteiger partial charge in [-0.25, -0.2) is 0 Å². The van der Waals surface area contributed by atoms with Gasteiger partial charge < -0.3 is 14.3 Å². The molecule has 136 valence electrons. The number of nitrogens with zero attached hydrogens (tertiary/aromatic N) is 1. The fourth-order valence-electron chi connectivity index (χ4n) is 3.08. The minimum atomic E-state index is -0.292. The van der Waals surface area contributed by atoms with Crippen molar-refractivity contribution in [1.82, 2.24) is 9.88 Å². The van der Waals surface area contributed by atoms with Crippen LogP contribution in [0.3, 0.4) is 0 Å².